The van der Waals surface area contributed by atoms with Gasteiger partial charge in [-0.25, -0.2) is 0 Å². The number of ether oxygens (including phenoxy) is 1. The Hall–Kier alpha value is -2.86. The summed E-state index contributed by atoms with van der Waals surface area (Å²) in [5, 5.41) is 6.70. The number of aliphatic imine (C=N–C) groups is 1. The molecule has 1 heterocycles. The summed E-state index contributed by atoms with van der Waals surface area (Å²) in [5.41, 5.74) is 5.59. The maximum absolute atomic E-state index is 12.8. The summed E-state index contributed by atoms with van der Waals surface area (Å²) in [6, 6.07) is 14.2. The number of hydrogen-bond acceptors (Lipinski definition) is 3. The zero-order valence-corrected chi connectivity index (χ0v) is 19.2. The van der Waals surface area contributed by atoms with Gasteiger partial charge in [0, 0.05) is 38.8 Å². The second-order valence-corrected chi connectivity index (χ2v) is 8.37. The summed E-state index contributed by atoms with van der Waals surface area (Å²) in [6.07, 6.45) is 0.137. The first-order valence-corrected chi connectivity index (χ1v) is 10.9. The van der Waals surface area contributed by atoms with Crippen LogP contribution in [0.25, 0.3) is 0 Å². The van der Waals surface area contributed by atoms with Crippen molar-refractivity contribution in [2.75, 3.05) is 20.1 Å². The van der Waals surface area contributed by atoms with Gasteiger partial charge in [0.05, 0.1) is 12.2 Å². The lowest BCUT2D eigenvalue weighted by Gasteiger charge is -2.35. The van der Waals surface area contributed by atoms with E-state index in [0.29, 0.717) is 25.2 Å². The van der Waals surface area contributed by atoms with E-state index in [-0.39, 0.29) is 18.1 Å². The zero-order chi connectivity index (χ0) is 22.4. The third kappa shape index (κ3) is 6.31. The van der Waals surface area contributed by atoms with Crippen LogP contribution in [-0.2, 0) is 17.8 Å². The Morgan fingerprint density at radius 2 is 1.68 bits per heavy atom. The molecule has 2 N–H and O–H groups in total. The maximum atomic E-state index is 12.8. The van der Waals surface area contributed by atoms with Crippen LogP contribution in [-0.4, -0.2) is 49.1 Å². The number of rotatable bonds is 5. The molecule has 1 aliphatic heterocycles. The van der Waals surface area contributed by atoms with E-state index in [1.54, 1.807) is 7.05 Å². The second kappa shape index (κ2) is 10.4. The minimum absolute atomic E-state index is 0.0625. The van der Waals surface area contributed by atoms with Crippen LogP contribution in [0.3, 0.4) is 0 Å². The molecule has 166 valence electrons. The molecular formula is C25H34N4O2. The first kappa shape index (κ1) is 22.8. The van der Waals surface area contributed by atoms with Crippen molar-refractivity contribution in [3.05, 3.63) is 70.3 Å². The molecule has 1 saturated heterocycles. The number of aryl methyl sites for hydroxylation is 2. The molecule has 2 atom stereocenters. The quantitative estimate of drug-likeness (QED) is 0.572. The molecule has 1 fully saturated rings. The number of nitrogens with zero attached hydrogens (tertiary/aromatic N) is 2. The average Bonchev–Trinajstić information content (AvgIpc) is 2.74. The maximum Gasteiger partial charge on any atom is 0.254 e. The van der Waals surface area contributed by atoms with E-state index in [1.807, 2.05) is 43.0 Å². The first-order chi connectivity index (χ1) is 14.9. The molecule has 0 aliphatic carbocycles. The van der Waals surface area contributed by atoms with Crippen molar-refractivity contribution in [1.82, 2.24) is 15.5 Å². The van der Waals surface area contributed by atoms with Gasteiger partial charge in [0.25, 0.3) is 5.91 Å². The topological polar surface area (TPSA) is 66.0 Å². The summed E-state index contributed by atoms with van der Waals surface area (Å²) < 4.78 is 5.73. The lowest BCUT2D eigenvalue weighted by molar-refractivity contribution is -0.0586. The molecule has 0 aromatic heterocycles. The van der Waals surface area contributed by atoms with Crippen molar-refractivity contribution < 1.29 is 9.53 Å². The van der Waals surface area contributed by atoms with Gasteiger partial charge in [0.1, 0.15) is 0 Å². The van der Waals surface area contributed by atoms with Gasteiger partial charge in [-0.1, -0.05) is 35.9 Å². The Morgan fingerprint density at radius 1 is 1.03 bits per heavy atom. The number of carbonyl (C=O) groups is 1. The molecule has 0 radical (unpaired) electrons. The number of morpholine rings is 1. The van der Waals surface area contributed by atoms with Crippen molar-refractivity contribution >= 4 is 11.9 Å². The summed E-state index contributed by atoms with van der Waals surface area (Å²) in [7, 11) is 1.77. The molecule has 2 aromatic rings. The number of hydrogen-bond donors (Lipinski definition) is 2. The first-order valence-electron chi connectivity index (χ1n) is 10.9. The Kier molecular flexibility index (Phi) is 7.69. The van der Waals surface area contributed by atoms with Crippen molar-refractivity contribution in [3.8, 4) is 0 Å². The molecule has 3 rings (SSSR count). The predicted molar refractivity (Wildman–Crippen MR) is 125 cm³/mol. The van der Waals surface area contributed by atoms with Crippen LogP contribution >= 0.6 is 0 Å². The molecule has 31 heavy (non-hydrogen) atoms. The third-order valence-corrected chi connectivity index (χ3v) is 5.54. The fourth-order valence-electron chi connectivity index (χ4n) is 3.92. The Bertz CT molecular complexity index is 914. The molecule has 2 aromatic carbocycles. The van der Waals surface area contributed by atoms with Gasteiger partial charge in [-0.2, -0.15) is 0 Å². The number of carbonyl (C=O) groups excluding carboxylic acids is 1. The molecule has 1 aliphatic rings. The Balaban J connectivity index is 1.52. The van der Waals surface area contributed by atoms with E-state index >= 15 is 0 Å². The van der Waals surface area contributed by atoms with Crippen LogP contribution in [0.4, 0.5) is 0 Å². The summed E-state index contributed by atoms with van der Waals surface area (Å²) in [4.78, 5) is 19.0. The molecule has 2 unspecified atom stereocenters. The summed E-state index contributed by atoms with van der Waals surface area (Å²) in [5.74, 6) is 0.809. The fraction of sp³-hybridized carbons (Fsp3) is 0.440. The third-order valence-electron chi connectivity index (χ3n) is 5.54. The standard InChI is InChI=1S/C25H34N4O2/c1-17-6-9-23(18(2)12-17)14-28-25(26-5)27-13-21-7-10-22(11-8-21)24(30)29-15-19(3)31-20(4)16-29/h6-12,19-20H,13-16H2,1-5H3,(H2,26,27,28). The van der Waals surface area contributed by atoms with Crippen molar-refractivity contribution in [1.29, 1.82) is 0 Å². The van der Waals surface area contributed by atoms with Crippen LogP contribution in [0.5, 0.6) is 0 Å². The molecule has 0 spiro atoms. The highest BCUT2D eigenvalue weighted by Crippen LogP contribution is 2.15. The largest absolute Gasteiger partial charge is 0.372 e. The highest BCUT2D eigenvalue weighted by molar-refractivity contribution is 5.94. The van der Waals surface area contributed by atoms with Crippen LogP contribution < -0.4 is 10.6 Å². The molecule has 0 bridgehead atoms. The highest BCUT2D eigenvalue weighted by Gasteiger charge is 2.26. The minimum Gasteiger partial charge on any atom is -0.372 e. The van der Waals surface area contributed by atoms with Crippen molar-refractivity contribution in [3.63, 3.8) is 0 Å². The van der Waals surface area contributed by atoms with Crippen molar-refractivity contribution in [2.45, 2.75) is 53.0 Å². The molecule has 6 heteroatoms. The minimum atomic E-state index is 0.0625. The van der Waals surface area contributed by atoms with E-state index in [4.69, 9.17) is 4.74 Å². The van der Waals surface area contributed by atoms with Crippen LogP contribution in [0, 0.1) is 13.8 Å². The van der Waals surface area contributed by atoms with Gasteiger partial charge in [-0.15, -0.1) is 0 Å². The van der Waals surface area contributed by atoms with Crippen LogP contribution in [0.2, 0.25) is 0 Å². The SMILES string of the molecule is CN=C(NCc1ccc(C(=O)N2CC(C)OC(C)C2)cc1)NCc1ccc(C)cc1C. The van der Waals surface area contributed by atoms with Crippen LogP contribution in [0.15, 0.2) is 47.5 Å². The Morgan fingerprint density at radius 3 is 2.29 bits per heavy atom. The van der Waals surface area contributed by atoms with Crippen LogP contribution in [0.1, 0.15) is 46.5 Å². The van der Waals surface area contributed by atoms with E-state index in [1.165, 1.54) is 16.7 Å². The number of benzene rings is 2. The Labute approximate surface area is 185 Å². The lowest BCUT2D eigenvalue weighted by Crippen LogP contribution is -2.48. The molecule has 1 amide bonds. The number of guanidine groups is 1. The second-order valence-electron chi connectivity index (χ2n) is 8.37. The predicted octanol–water partition coefficient (Wildman–Crippen LogP) is 3.42. The van der Waals surface area contributed by atoms with Gasteiger partial charge < -0.3 is 20.3 Å². The lowest BCUT2D eigenvalue weighted by atomic mass is 10.1. The number of nitrogens with one attached hydrogen (secondary N) is 2. The van der Waals surface area contributed by atoms with E-state index in [9.17, 15) is 4.79 Å². The fourth-order valence-corrected chi connectivity index (χ4v) is 3.92. The average molecular weight is 423 g/mol. The van der Waals surface area contributed by atoms with Gasteiger partial charge in [0.2, 0.25) is 0 Å². The normalized spacial score (nSPS) is 19.3. The van der Waals surface area contributed by atoms with Crippen molar-refractivity contribution in [2.24, 2.45) is 4.99 Å². The van der Waals surface area contributed by atoms with Gasteiger partial charge in [-0.05, 0) is 56.5 Å². The van der Waals surface area contributed by atoms with Gasteiger partial charge in [0.15, 0.2) is 5.96 Å². The highest BCUT2D eigenvalue weighted by atomic mass is 16.5. The number of amides is 1. The van der Waals surface area contributed by atoms with E-state index in [2.05, 4.69) is 47.7 Å². The molecule has 0 saturated carbocycles. The summed E-state index contributed by atoms with van der Waals surface area (Å²) in [6.45, 7) is 10.9. The van der Waals surface area contributed by atoms with E-state index in [0.717, 1.165) is 18.1 Å². The zero-order valence-electron chi connectivity index (χ0n) is 19.2. The smallest absolute Gasteiger partial charge is 0.254 e. The molecular weight excluding hydrogens is 388 g/mol. The van der Waals surface area contributed by atoms with E-state index < -0.39 is 0 Å². The summed E-state index contributed by atoms with van der Waals surface area (Å²) >= 11 is 0. The van der Waals surface area contributed by atoms with Gasteiger partial charge in [-0.3, -0.25) is 9.79 Å². The monoisotopic (exact) mass is 422 g/mol. The molecule has 6 nitrogen and oxygen atoms in total. The van der Waals surface area contributed by atoms with Gasteiger partial charge >= 0.3 is 0 Å².